The van der Waals surface area contributed by atoms with Crippen LogP contribution in [0.25, 0.3) is 82.9 Å². The van der Waals surface area contributed by atoms with Crippen LogP contribution in [-0.4, -0.2) is 9.55 Å². The summed E-state index contributed by atoms with van der Waals surface area (Å²) in [6.07, 6.45) is 1.87. The number of pyridine rings is 1. The molecule has 3 heterocycles. The zero-order valence-corrected chi connectivity index (χ0v) is 29.4. The van der Waals surface area contributed by atoms with Crippen LogP contribution in [0.2, 0.25) is 0 Å². The van der Waals surface area contributed by atoms with E-state index in [9.17, 15) is 0 Å². The smallest absolute Gasteiger partial charge is 0.0702 e. The Morgan fingerprint density at radius 2 is 1.04 bits per heavy atom. The van der Waals surface area contributed by atoms with E-state index in [0.717, 1.165) is 39.4 Å². The van der Waals surface area contributed by atoms with Crippen LogP contribution in [0.4, 0.5) is 17.1 Å². The second kappa shape index (κ2) is 12.2. The van der Waals surface area contributed by atoms with Gasteiger partial charge in [0, 0.05) is 44.9 Å². The molecule has 0 radical (unpaired) electrons. The molecule has 0 atom stereocenters. The maximum Gasteiger partial charge on any atom is 0.0702 e. The number of fused-ring (bicyclic) bond motifs is 5. The van der Waals surface area contributed by atoms with E-state index in [0.29, 0.717) is 0 Å². The van der Waals surface area contributed by atoms with Crippen LogP contribution in [0.15, 0.2) is 200 Å². The van der Waals surface area contributed by atoms with Crippen LogP contribution < -0.4 is 4.90 Å². The quantitative estimate of drug-likeness (QED) is 0.180. The lowest BCUT2D eigenvalue weighted by atomic mass is 9.89. The predicted octanol–water partition coefficient (Wildman–Crippen LogP) is 13.8. The van der Waals surface area contributed by atoms with Gasteiger partial charge in [-0.15, -0.1) is 0 Å². The second-order valence-electron chi connectivity index (χ2n) is 14.0. The third-order valence-corrected chi connectivity index (χ3v) is 10.9. The summed E-state index contributed by atoms with van der Waals surface area (Å²) >= 11 is 0. The number of hydrogen-bond acceptors (Lipinski definition) is 2. The summed E-state index contributed by atoms with van der Waals surface area (Å²) in [5.74, 6) is 0. The summed E-state index contributed by atoms with van der Waals surface area (Å²) in [6.45, 7) is 0. The highest BCUT2D eigenvalue weighted by molar-refractivity contribution is 6.19. The molecule has 0 fully saturated rings. The van der Waals surface area contributed by atoms with Crippen LogP contribution in [0.3, 0.4) is 0 Å². The number of benzene rings is 8. The van der Waals surface area contributed by atoms with E-state index >= 15 is 0 Å². The number of hydrogen-bond donors (Lipinski definition) is 0. The fourth-order valence-corrected chi connectivity index (χ4v) is 8.48. The van der Waals surface area contributed by atoms with E-state index in [1.807, 2.05) is 12.3 Å². The van der Waals surface area contributed by atoms with Gasteiger partial charge >= 0.3 is 0 Å². The van der Waals surface area contributed by atoms with Crippen molar-refractivity contribution < 1.29 is 0 Å². The molecule has 0 saturated carbocycles. The fraction of sp³-hybridized carbons (Fsp3) is 0. The highest BCUT2D eigenvalue weighted by Gasteiger charge is 2.29. The van der Waals surface area contributed by atoms with Crippen LogP contribution in [-0.2, 0) is 0 Å². The van der Waals surface area contributed by atoms with Crippen LogP contribution in [0, 0.1) is 0 Å². The normalized spacial score (nSPS) is 12.0. The number of anilines is 3. The molecule has 0 bridgehead atoms. The van der Waals surface area contributed by atoms with Gasteiger partial charge in [-0.05, 0) is 106 Å². The average Bonchev–Trinajstić information content (AvgIpc) is 3.57. The first-order valence-electron chi connectivity index (χ1n) is 18.5. The van der Waals surface area contributed by atoms with E-state index in [4.69, 9.17) is 4.98 Å². The minimum absolute atomic E-state index is 0.968. The van der Waals surface area contributed by atoms with E-state index in [1.165, 1.54) is 60.6 Å². The molecule has 8 aromatic carbocycles. The maximum atomic E-state index is 4.71. The number of para-hydroxylation sites is 1. The van der Waals surface area contributed by atoms with Crippen LogP contribution in [0.1, 0.15) is 0 Å². The molecule has 0 saturated heterocycles. The zero-order chi connectivity index (χ0) is 35.6. The highest BCUT2D eigenvalue weighted by atomic mass is 15.2. The lowest BCUT2D eigenvalue weighted by Crippen LogP contribution is -2.15. The first-order chi connectivity index (χ1) is 26.8. The zero-order valence-electron chi connectivity index (χ0n) is 29.4. The van der Waals surface area contributed by atoms with Crippen molar-refractivity contribution in [1.82, 2.24) is 9.55 Å². The van der Waals surface area contributed by atoms with Crippen molar-refractivity contribution >= 4 is 49.6 Å². The van der Waals surface area contributed by atoms with Gasteiger partial charge < -0.3 is 9.47 Å². The fourth-order valence-electron chi connectivity index (χ4n) is 8.48. The molecule has 11 rings (SSSR count). The molecule has 1 aliphatic heterocycles. The molecular formula is C51H33N3. The summed E-state index contributed by atoms with van der Waals surface area (Å²) in [5, 5.41) is 4.91. The monoisotopic (exact) mass is 687 g/mol. The molecule has 2 aromatic heterocycles. The predicted molar refractivity (Wildman–Crippen MR) is 226 cm³/mol. The molecule has 1 aliphatic rings. The Hall–Kier alpha value is -7.23. The Bertz CT molecular complexity index is 2960. The van der Waals surface area contributed by atoms with Crippen LogP contribution in [0.5, 0.6) is 0 Å². The molecule has 0 N–H and O–H groups in total. The van der Waals surface area contributed by atoms with E-state index < -0.39 is 0 Å². The van der Waals surface area contributed by atoms with Gasteiger partial charge in [-0.3, -0.25) is 4.98 Å². The van der Waals surface area contributed by atoms with E-state index in [2.05, 4.69) is 198 Å². The minimum atomic E-state index is 0.968. The minimum Gasteiger partial charge on any atom is -0.309 e. The second-order valence-corrected chi connectivity index (χ2v) is 14.0. The average molecular weight is 688 g/mol. The van der Waals surface area contributed by atoms with Gasteiger partial charge in [-0.1, -0.05) is 121 Å². The number of nitrogens with zero attached hydrogens (tertiary/aromatic N) is 3. The third-order valence-electron chi connectivity index (χ3n) is 10.9. The van der Waals surface area contributed by atoms with E-state index in [1.54, 1.807) is 0 Å². The van der Waals surface area contributed by atoms with Gasteiger partial charge in [-0.2, -0.15) is 0 Å². The SMILES string of the molecule is c1ccc(-c2cc(-c3ccccc3)cc(N3c4cc5c(cc4-c4cccc6cccc3c46)c3cc(-c4ccccn4)ccc3n5-c3ccccc3)c2)cc1. The van der Waals surface area contributed by atoms with Gasteiger partial charge in [0.05, 0.1) is 28.1 Å². The molecule has 0 spiro atoms. The summed E-state index contributed by atoms with van der Waals surface area (Å²) in [6, 6.07) is 70.4. The Balaban J connectivity index is 1.25. The van der Waals surface area contributed by atoms with E-state index in [-0.39, 0.29) is 0 Å². The Morgan fingerprint density at radius 1 is 0.370 bits per heavy atom. The molecule has 252 valence electrons. The van der Waals surface area contributed by atoms with Crippen LogP contribution >= 0.6 is 0 Å². The molecular weight excluding hydrogens is 655 g/mol. The largest absolute Gasteiger partial charge is 0.309 e. The summed E-state index contributed by atoms with van der Waals surface area (Å²) < 4.78 is 2.42. The molecule has 10 aromatic rings. The van der Waals surface area contributed by atoms with Gasteiger partial charge in [0.15, 0.2) is 0 Å². The molecule has 3 nitrogen and oxygen atoms in total. The standard InChI is InChI=1S/C51H33N3/c1-4-14-34(15-5-1)38-28-39(35-16-6-2-7-17-35)30-41(29-38)54-48-24-13-19-36-18-12-22-42(51(36)48)44-32-45-43-31-37(46-23-10-11-27-52-46)25-26-47(43)53(50(45)33-49(44)54)40-20-8-3-9-21-40/h1-33H. The molecule has 0 unspecified atom stereocenters. The molecule has 3 heteroatoms. The topological polar surface area (TPSA) is 21.1 Å². The lowest BCUT2D eigenvalue weighted by molar-refractivity contribution is 1.18. The van der Waals surface area contributed by atoms with Crippen molar-refractivity contribution in [1.29, 1.82) is 0 Å². The van der Waals surface area contributed by atoms with Crippen molar-refractivity contribution in [2.45, 2.75) is 0 Å². The Kier molecular flexibility index (Phi) is 6.86. The van der Waals surface area contributed by atoms with Crippen molar-refractivity contribution in [3.05, 3.63) is 200 Å². The van der Waals surface area contributed by atoms with Crippen molar-refractivity contribution in [2.24, 2.45) is 0 Å². The first-order valence-corrected chi connectivity index (χ1v) is 18.5. The summed E-state index contributed by atoms with van der Waals surface area (Å²) in [5.41, 5.74) is 16.2. The van der Waals surface area contributed by atoms with Gasteiger partial charge in [0.25, 0.3) is 0 Å². The molecule has 0 amide bonds. The molecule has 0 aliphatic carbocycles. The highest BCUT2D eigenvalue weighted by Crippen LogP contribution is 2.53. The van der Waals surface area contributed by atoms with Gasteiger partial charge in [-0.25, -0.2) is 0 Å². The summed E-state index contributed by atoms with van der Waals surface area (Å²) in [7, 11) is 0. The van der Waals surface area contributed by atoms with Gasteiger partial charge in [0.1, 0.15) is 0 Å². The first kappa shape index (κ1) is 30.4. The number of rotatable bonds is 5. The molecule has 54 heavy (non-hydrogen) atoms. The summed E-state index contributed by atoms with van der Waals surface area (Å²) in [4.78, 5) is 7.21. The lowest BCUT2D eigenvalue weighted by Gasteiger charge is -2.34. The Labute approximate surface area is 313 Å². The van der Waals surface area contributed by atoms with Crippen molar-refractivity contribution in [3.8, 4) is 50.3 Å². The number of aromatic nitrogens is 2. The maximum absolute atomic E-state index is 4.71. The van der Waals surface area contributed by atoms with Crippen molar-refractivity contribution in [2.75, 3.05) is 4.90 Å². The third kappa shape index (κ3) is 4.79. The van der Waals surface area contributed by atoms with Gasteiger partial charge in [0.2, 0.25) is 0 Å². The Morgan fingerprint density at radius 3 is 1.74 bits per heavy atom. The van der Waals surface area contributed by atoms with Crippen molar-refractivity contribution in [3.63, 3.8) is 0 Å².